The molecule has 0 saturated heterocycles. The van der Waals surface area contributed by atoms with Gasteiger partial charge in [0.25, 0.3) is 0 Å². The fraction of sp³-hybridized carbons (Fsp3) is 0.0833. The lowest BCUT2D eigenvalue weighted by Gasteiger charge is -2.23. The van der Waals surface area contributed by atoms with E-state index in [1.165, 1.54) is 27.1 Å². The van der Waals surface area contributed by atoms with Crippen molar-refractivity contribution in [1.82, 2.24) is 0 Å². The number of rotatable bonds is 4. The lowest BCUT2D eigenvalue weighted by molar-refractivity contribution is 0.982. The van der Waals surface area contributed by atoms with Gasteiger partial charge in [-0.1, -0.05) is 110 Å². The zero-order valence-corrected chi connectivity index (χ0v) is 15.2. The Labute approximate surface area is 151 Å². The van der Waals surface area contributed by atoms with Crippen molar-refractivity contribution in [3.63, 3.8) is 0 Å². The van der Waals surface area contributed by atoms with E-state index in [0.717, 1.165) is 0 Å². The van der Waals surface area contributed by atoms with Gasteiger partial charge in [-0.05, 0) is 40.9 Å². The van der Waals surface area contributed by atoms with Crippen LogP contribution >= 0.6 is 7.92 Å². The third kappa shape index (κ3) is 3.23. The van der Waals surface area contributed by atoms with Crippen molar-refractivity contribution in [2.75, 3.05) is 0 Å². The second-order valence-corrected chi connectivity index (χ2v) is 8.50. The summed E-state index contributed by atoms with van der Waals surface area (Å²) < 4.78 is 0. The Morgan fingerprint density at radius 3 is 1.80 bits per heavy atom. The highest BCUT2D eigenvalue weighted by molar-refractivity contribution is 7.80. The average Bonchev–Trinajstić information content (AvgIpc) is 3.10. The average molecular weight is 340 g/mol. The lowest BCUT2D eigenvalue weighted by atomic mass is 9.97. The largest absolute Gasteiger partial charge is 0.0773 e. The van der Waals surface area contributed by atoms with E-state index in [-0.39, 0.29) is 0 Å². The highest BCUT2D eigenvalue weighted by atomic mass is 31.1. The van der Waals surface area contributed by atoms with Gasteiger partial charge in [-0.15, -0.1) is 0 Å². The molecule has 1 heteroatoms. The molecule has 3 aromatic rings. The van der Waals surface area contributed by atoms with Gasteiger partial charge in [0.15, 0.2) is 0 Å². The van der Waals surface area contributed by atoms with Crippen LogP contribution in [0.3, 0.4) is 0 Å². The Hall–Kier alpha value is -2.43. The molecule has 0 fully saturated rings. The molecule has 0 aliphatic heterocycles. The van der Waals surface area contributed by atoms with Crippen LogP contribution in [-0.4, -0.2) is 0 Å². The van der Waals surface area contributed by atoms with Crippen molar-refractivity contribution in [2.24, 2.45) is 5.92 Å². The molecule has 0 N–H and O–H groups in total. The van der Waals surface area contributed by atoms with Gasteiger partial charge in [0.2, 0.25) is 0 Å². The third-order valence-corrected chi connectivity index (χ3v) is 7.15. The molecular formula is C24H21P. The molecular weight excluding hydrogens is 319 g/mol. The summed E-state index contributed by atoms with van der Waals surface area (Å²) in [5.74, 6) is 0.476. The van der Waals surface area contributed by atoms with E-state index in [2.05, 4.69) is 110 Å². The van der Waals surface area contributed by atoms with Gasteiger partial charge < -0.3 is 0 Å². The van der Waals surface area contributed by atoms with Gasteiger partial charge in [-0.3, -0.25) is 0 Å². The highest BCUT2D eigenvalue weighted by Gasteiger charge is 2.22. The van der Waals surface area contributed by atoms with Crippen LogP contribution in [0.25, 0.3) is 5.57 Å². The van der Waals surface area contributed by atoms with Gasteiger partial charge in [-0.25, -0.2) is 0 Å². The van der Waals surface area contributed by atoms with Crippen LogP contribution < -0.4 is 15.9 Å². The molecule has 1 atom stereocenters. The van der Waals surface area contributed by atoms with Crippen molar-refractivity contribution in [3.05, 3.63) is 109 Å². The molecule has 0 nitrogen and oxygen atoms in total. The molecule has 0 heterocycles. The highest BCUT2D eigenvalue weighted by Crippen LogP contribution is 2.38. The standard InChI is InChI=1S/C24H21P/c1-19-11-10-17-22(19)23-16-8-9-18-24(23)25(20-12-4-2-5-13-20)21-14-6-3-7-15-21/h2-19H,1H3. The zero-order valence-electron chi connectivity index (χ0n) is 14.3. The fourth-order valence-electron chi connectivity index (χ4n) is 3.41. The van der Waals surface area contributed by atoms with Crippen molar-refractivity contribution in [2.45, 2.75) is 6.92 Å². The van der Waals surface area contributed by atoms with E-state index < -0.39 is 7.92 Å². The molecule has 0 amide bonds. The number of benzene rings is 3. The summed E-state index contributed by atoms with van der Waals surface area (Å²) in [5, 5.41) is 4.24. The van der Waals surface area contributed by atoms with Crippen LogP contribution in [0.2, 0.25) is 0 Å². The first-order chi connectivity index (χ1) is 12.3. The van der Waals surface area contributed by atoms with Crippen LogP contribution in [-0.2, 0) is 0 Å². The maximum atomic E-state index is 2.31. The number of allylic oxidation sites excluding steroid dienone is 4. The van der Waals surface area contributed by atoms with Crippen LogP contribution in [0.15, 0.2) is 103 Å². The molecule has 0 saturated carbocycles. The molecule has 25 heavy (non-hydrogen) atoms. The summed E-state index contributed by atoms with van der Waals surface area (Å²) in [6, 6.07) is 30.8. The van der Waals surface area contributed by atoms with Crippen molar-refractivity contribution >= 4 is 29.4 Å². The third-order valence-electron chi connectivity index (χ3n) is 4.65. The van der Waals surface area contributed by atoms with Gasteiger partial charge >= 0.3 is 0 Å². The number of hydrogen-bond acceptors (Lipinski definition) is 0. The van der Waals surface area contributed by atoms with E-state index >= 15 is 0 Å². The molecule has 0 spiro atoms. The smallest absolute Gasteiger partial charge is 0.000115 e. The molecule has 1 unspecified atom stereocenters. The minimum absolute atomic E-state index is 0.476. The van der Waals surface area contributed by atoms with E-state index in [1.54, 1.807) is 0 Å². The summed E-state index contributed by atoms with van der Waals surface area (Å²) in [6.45, 7) is 2.28. The monoisotopic (exact) mass is 340 g/mol. The van der Waals surface area contributed by atoms with Gasteiger partial charge in [0.1, 0.15) is 0 Å². The quantitative estimate of drug-likeness (QED) is 0.584. The first-order valence-corrected chi connectivity index (χ1v) is 10.1. The van der Waals surface area contributed by atoms with E-state index in [1.807, 2.05) is 0 Å². The summed E-state index contributed by atoms with van der Waals surface area (Å²) in [7, 11) is -0.571. The summed E-state index contributed by atoms with van der Waals surface area (Å²) in [5.41, 5.74) is 2.81. The SMILES string of the molecule is CC1C=CC=C1c1ccccc1P(c1ccccc1)c1ccccc1. The molecule has 3 aromatic carbocycles. The van der Waals surface area contributed by atoms with E-state index in [4.69, 9.17) is 0 Å². The second kappa shape index (κ2) is 7.21. The Bertz CT molecular complexity index is 868. The number of hydrogen-bond donors (Lipinski definition) is 0. The van der Waals surface area contributed by atoms with Crippen molar-refractivity contribution in [1.29, 1.82) is 0 Å². The Kier molecular flexibility index (Phi) is 4.63. The van der Waals surface area contributed by atoms with Crippen LogP contribution in [0.1, 0.15) is 12.5 Å². The van der Waals surface area contributed by atoms with Gasteiger partial charge in [0.05, 0.1) is 0 Å². The summed E-state index contributed by atoms with van der Waals surface area (Å²) in [6.07, 6.45) is 6.73. The molecule has 0 bridgehead atoms. The van der Waals surface area contributed by atoms with Crippen LogP contribution in [0.4, 0.5) is 0 Å². The molecule has 122 valence electrons. The predicted molar refractivity (Wildman–Crippen MR) is 111 cm³/mol. The predicted octanol–water partition coefficient (Wildman–Crippen LogP) is 5.03. The lowest BCUT2D eigenvalue weighted by Crippen LogP contribution is -2.23. The van der Waals surface area contributed by atoms with Gasteiger partial charge in [0, 0.05) is 0 Å². The molecule has 0 aromatic heterocycles. The molecule has 1 aliphatic rings. The van der Waals surface area contributed by atoms with E-state index in [9.17, 15) is 0 Å². The molecule has 1 aliphatic carbocycles. The summed E-state index contributed by atoms with van der Waals surface area (Å²) in [4.78, 5) is 0. The summed E-state index contributed by atoms with van der Waals surface area (Å²) >= 11 is 0. The Morgan fingerprint density at radius 1 is 0.680 bits per heavy atom. The zero-order chi connectivity index (χ0) is 17.1. The van der Waals surface area contributed by atoms with Crippen molar-refractivity contribution in [3.8, 4) is 0 Å². The van der Waals surface area contributed by atoms with Crippen LogP contribution in [0.5, 0.6) is 0 Å². The van der Waals surface area contributed by atoms with Crippen molar-refractivity contribution < 1.29 is 0 Å². The van der Waals surface area contributed by atoms with E-state index in [0.29, 0.717) is 5.92 Å². The first kappa shape index (κ1) is 16.1. The minimum atomic E-state index is -0.571. The second-order valence-electron chi connectivity index (χ2n) is 6.32. The Morgan fingerprint density at radius 2 is 1.24 bits per heavy atom. The molecule has 0 radical (unpaired) electrons. The maximum absolute atomic E-state index is 2.31. The minimum Gasteiger partial charge on any atom is -0.0773 e. The molecule has 4 rings (SSSR count). The Balaban J connectivity index is 1.90. The fourth-order valence-corrected chi connectivity index (χ4v) is 5.89. The topological polar surface area (TPSA) is 0 Å². The maximum Gasteiger partial charge on any atom is -0.000115 e. The normalized spacial score (nSPS) is 16.2. The van der Waals surface area contributed by atoms with Gasteiger partial charge in [-0.2, -0.15) is 0 Å². The van der Waals surface area contributed by atoms with Crippen LogP contribution in [0, 0.1) is 5.92 Å². The first-order valence-electron chi connectivity index (χ1n) is 8.72.